The van der Waals surface area contributed by atoms with E-state index in [2.05, 4.69) is 37.2 Å². The van der Waals surface area contributed by atoms with Gasteiger partial charge < -0.3 is 9.50 Å². The van der Waals surface area contributed by atoms with E-state index in [4.69, 9.17) is 4.18 Å². The number of anilines is 1. The summed E-state index contributed by atoms with van der Waals surface area (Å²) < 4.78 is 31.2. The number of benzene rings is 3. The van der Waals surface area contributed by atoms with Gasteiger partial charge in [0.2, 0.25) is 0 Å². The third-order valence-corrected chi connectivity index (χ3v) is 7.17. The van der Waals surface area contributed by atoms with Crippen LogP contribution in [-0.2, 0) is 14.9 Å². The van der Waals surface area contributed by atoms with Crippen LogP contribution in [-0.4, -0.2) is 20.1 Å². The summed E-state index contributed by atoms with van der Waals surface area (Å²) in [5.41, 5.74) is 1.72. The second kappa shape index (κ2) is 11.0. The molecule has 1 amide bonds. The van der Waals surface area contributed by atoms with Gasteiger partial charge >= 0.3 is 10.1 Å². The molecule has 0 atom stereocenters. The van der Waals surface area contributed by atoms with Gasteiger partial charge in [0.1, 0.15) is 16.5 Å². The summed E-state index contributed by atoms with van der Waals surface area (Å²) in [7, 11) is -4.09. The molecule has 178 valence electrons. The van der Waals surface area contributed by atoms with Crippen LogP contribution >= 0.6 is 31.9 Å². The summed E-state index contributed by atoms with van der Waals surface area (Å²) in [6.07, 6.45) is 1.33. The summed E-state index contributed by atoms with van der Waals surface area (Å²) in [6, 6.07) is 17.6. The smallest absolute Gasteiger partial charge is 0.339 e. The van der Waals surface area contributed by atoms with Crippen molar-refractivity contribution in [3.8, 4) is 11.8 Å². The Morgan fingerprint density at radius 3 is 2.20 bits per heavy atom. The van der Waals surface area contributed by atoms with Crippen LogP contribution in [0.25, 0.3) is 6.08 Å². The van der Waals surface area contributed by atoms with Crippen molar-refractivity contribution in [3.05, 3.63) is 91.9 Å². The van der Waals surface area contributed by atoms with E-state index in [0.717, 1.165) is 5.56 Å². The highest BCUT2D eigenvalue weighted by atomic mass is 79.9. The highest BCUT2D eigenvalue weighted by Crippen LogP contribution is 2.37. The molecule has 0 bridgehead atoms. The number of Topliss-reactive ketones (excluding diaryl/α,β-unsaturated/α-hetero) is 1. The first-order valence-corrected chi connectivity index (χ1v) is 13.0. The summed E-state index contributed by atoms with van der Waals surface area (Å²) >= 11 is 6.59. The number of nitrogens with zero attached hydrogens (tertiary/aromatic N) is 1. The van der Waals surface area contributed by atoms with Crippen molar-refractivity contribution in [3.63, 3.8) is 0 Å². The van der Waals surface area contributed by atoms with E-state index in [-0.39, 0.29) is 30.9 Å². The molecule has 1 N–H and O–H groups in total. The van der Waals surface area contributed by atoms with Gasteiger partial charge in [0, 0.05) is 5.56 Å². The fourth-order valence-corrected chi connectivity index (χ4v) is 5.57. The Morgan fingerprint density at radius 1 is 1.03 bits per heavy atom. The van der Waals surface area contributed by atoms with Crippen molar-refractivity contribution in [1.29, 1.82) is 5.26 Å². The lowest BCUT2D eigenvalue weighted by molar-refractivity contribution is -0.112. The molecule has 0 aliphatic heterocycles. The standard InChI is InChI=1S/C25H18Br2N2O5S/c1-15-7-9-19(10-8-15)35(32,33)34-24-21(26)12-17(13-22(24)27)11-18(14-28)25(31)29-23-6-4-3-5-20(23)16(2)30/h3-13H,1-2H3,(H,29,31)/b18-11-. The molecular weight excluding hydrogens is 600 g/mol. The van der Waals surface area contributed by atoms with Gasteiger partial charge in [-0.2, -0.15) is 13.7 Å². The molecule has 0 fully saturated rings. The Bertz CT molecular complexity index is 1470. The highest BCUT2D eigenvalue weighted by Gasteiger charge is 2.21. The van der Waals surface area contributed by atoms with Crippen molar-refractivity contribution in [2.45, 2.75) is 18.7 Å². The van der Waals surface area contributed by atoms with Crippen molar-refractivity contribution in [2.75, 3.05) is 5.32 Å². The van der Waals surface area contributed by atoms with Crippen LogP contribution in [0.15, 0.2) is 80.1 Å². The maximum absolute atomic E-state index is 12.7. The predicted octanol–water partition coefficient (Wildman–Crippen LogP) is 6.04. The Balaban J connectivity index is 1.88. The fraction of sp³-hybridized carbons (Fsp3) is 0.0800. The third kappa shape index (κ3) is 6.45. The lowest BCUT2D eigenvalue weighted by Crippen LogP contribution is -2.15. The summed E-state index contributed by atoms with van der Waals surface area (Å²) in [4.78, 5) is 24.5. The maximum atomic E-state index is 12.7. The molecule has 0 aliphatic carbocycles. The van der Waals surface area contributed by atoms with Gasteiger partial charge in [0.15, 0.2) is 11.5 Å². The number of nitrogens with one attached hydrogen (secondary N) is 1. The van der Waals surface area contributed by atoms with Gasteiger partial charge in [0.25, 0.3) is 5.91 Å². The van der Waals surface area contributed by atoms with Gasteiger partial charge in [-0.15, -0.1) is 0 Å². The summed E-state index contributed by atoms with van der Waals surface area (Å²) in [5, 5.41) is 12.1. The van der Waals surface area contributed by atoms with Crippen LogP contribution < -0.4 is 9.50 Å². The van der Waals surface area contributed by atoms with Crippen LogP contribution in [0.5, 0.6) is 5.75 Å². The van der Waals surface area contributed by atoms with Crippen molar-refractivity contribution < 1.29 is 22.2 Å². The Morgan fingerprint density at radius 2 is 1.63 bits per heavy atom. The average molecular weight is 618 g/mol. The molecular formula is C25H18Br2N2O5S. The molecule has 0 saturated heterocycles. The molecule has 0 heterocycles. The van der Waals surface area contributed by atoms with E-state index >= 15 is 0 Å². The van der Waals surface area contributed by atoms with Crippen LogP contribution in [0.4, 0.5) is 5.69 Å². The SMILES string of the molecule is CC(=O)c1ccccc1NC(=O)/C(C#N)=C\c1cc(Br)c(OS(=O)(=O)c2ccc(C)cc2)c(Br)c1. The van der Waals surface area contributed by atoms with Gasteiger partial charge in [-0.1, -0.05) is 29.8 Å². The number of aryl methyl sites for hydroxylation is 1. The van der Waals surface area contributed by atoms with Gasteiger partial charge in [-0.05, 0) is 93.7 Å². The Labute approximate surface area is 219 Å². The molecule has 10 heteroatoms. The average Bonchev–Trinajstić information content (AvgIpc) is 2.80. The third-order valence-electron chi connectivity index (χ3n) is 4.75. The molecule has 3 rings (SSSR count). The number of carbonyl (C=O) groups excluding carboxylic acids is 2. The number of hydrogen-bond acceptors (Lipinski definition) is 6. The first-order valence-electron chi connectivity index (χ1n) is 10.0. The molecule has 0 unspecified atom stereocenters. The van der Waals surface area contributed by atoms with Crippen molar-refractivity contribution >= 4 is 65.4 Å². The molecule has 0 radical (unpaired) electrons. The van der Waals surface area contributed by atoms with Crippen molar-refractivity contribution in [2.24, 2.45) is 0 Å². The normalized spacial score (nSPS) is 11.5. The first kappa shape index (κ1) is 26.3. The number of rotatable bonds is 7. The molecule has 0 aromatic heterocycles. The van der Waals surface area contributed by atoms with Crippen LogP contribution in [0.2, 0.25) is 0 Å². The lowest BCUT2D eigenvalue weighted by Gasteiger charge is -2.12. The number of nitriles is 1. The quantitative estimate of drug-likeness (QED) is 0.150. The summed E-state index contributed by atoms with van der Waals surface area (Å²) in [5.74, 6) is -0.913. The topological polar surface area (TPSA) is 113 Å². The van der Waals surface area contributed by atoms with Gasteiger partial charge in [0.05, 0.1) is 14.6 Å². The van der Waals surface area contributed by atoms with E-state index in [1.807, 2.05) is 13.0 Å². The number of halogens is 2. The monoisotopic (exact) mass is 616 g/mol. The number of carbonyl (C=O) groups is 2. The number of hydrogen-bond donors (Lipinski definition) is 1. The minimum Gasteiger partial charge on any atom is -0.377 e. The Hall–Kier alpha value is -3.26. The zero-order valence-electron chi connectivity index (χ0n) is 18.5. The first-order chi connectivity index (χ1) is 16.5. The zero-order chi connectivity index (χ0) is 25.8. The largest absolute Gasteiger partial charge is 0.377 e. The molecule has 0 aliphatic rings. The fourth-order valence-electron chi connectivity index (χ4n) is 3.01. The molecule has 0 saturated carbocycles. The maximum Gasteiger partial charge on any atom is 0.339 e. The second-order valence-corrected chi connectivity index (χ2v) is 10.6. The van der Waals surface area contributed by atoms with E-state index in [9.17, 15) is 23.3 Å². The number of amides is 1. The van der Waals surface area contributed by atoms with E-state index in [1.165, 1.54) is 37.3 Å². The molecule has 3 aromatic rings. The highest BCUT2D eigenvalue weighted by molar-refractivity contribution is 9.11. The van der Waals surface area contributed by atoms with Gasteiger partial charge in [-0.3, -0.25) is 9.59 Å². The zero-order valence-corrected chi connectivity index (χ0v) is 22.5. The summed E-state index contributed by atoms with van der Waals surface area (Å²) in [6.45, 7) is 3.22. The molecule has 3 aromatic carbocycles. The molecule has 7 nitrogen and oxygen atoms in total. The van der Waals surface area contributed by atoms with Crippen LogP contribution in [0, 0.1) is 18.3 Å². The second-order valence-electron chi connectivity index (χ2n) is 7.39. The van der Waals surface area contributed by atoms with E-state index < -0.39 is 16.0 Å². The Kier molecular flexibility index (Phi) is 8.27. The van der Waals surface area contributed by atoms with Crippen LogP contribution in [0.1, 0.15) is 28.4 Å². The van der Waals surface area contributed by atoms with E-state index in [1.54, 1.807) is 36.4 Å². The predicted molar refractivity (Wildman–Crippen MR) is 140 cm³/mol. The minimum atomic E-state index is -4.09. The van der Waals surface area contributed by atoms with Crippen molar-refractivity contribution in [1.82, 2.24) is 0 Å². The minimum absolute atomic E-state index is 0.000141. The van der Waals surface area contributed by atoms with Crippen LogP contribution in [0.3, 0.4) is 0 Å². The van der Waals surface area contributed by atoms with Gasteiger partial charge in [-0.25, -0.2) is 0 Å². The number of para-hydroxylation sites is 1. The lowest BCUT2D eigenvalue weighted by atomic mass is 10.1. The van der Waals surface area contributed by atoms with E-state index in [0.29, 0.717) is 16.8 Å². The molecule has 0 spiro atoms. The molecule has 35 heavy (non-hydrogen) atoms. The number of ketones is 1.